The molecule has 0 amide bonds. The first kappa shape index (κ1) is 16.7. The number of rotatable bonds is 3. The van der Waals surface area contributed by atoms with Gasteiger partial charge in [0, 0.05) is 19.1 Å². The van der Waals surface area contributed by atoms with Crippen LogP contribution in [-0.4, -0.2) is 38.9 Å². The van der Waals surface area contributed by atoms with Crippen LogP contribution in [0, 0.1) is 0 Å². The van der Waals surface area contributed by atoms with Gasteiger partial charge in [-0.15, -0.1) is 12.4 Å². The van der Waals surface area contributed by atoms with Crippen molar-refractivity contribution in [3.63, 3.8) is 0 Å². The van der Waals surface area contributed by atoms with E-state index in [4.69, 9.17) is 0 Å². The first-order chi connectivity index (χ1) is 9.61. The fourth-order valence-electron chi connectivity index (χ4n) is 3.20. The van der Waals surface area contributed by atoms with Gasteiger partial charge in [0.1, 0.15) is 0 Å². The van der Waals surface area contributed by atoms with Crippen molar-refractivity contribution in [2.24, 2.45) is 0 Å². The third-order valence-electron chi connectivity index (χ3n) is 4.52. The van der Waals surface area contributed by atoms with Crippen molar-refractivity contribution >= 4 is 22.4 Å². The van der Waals surface area contributed by atoms with Crippen LogP contribution >= 0.6 is 12.4 Å². The maximum Gasteiger partial charge on any atom is 0.243 e. The number of benzene rings is 1. The van der Waals surface area contributed by atoms with E-state index in [1.54, 1.807) is 10.4 Å². The van der Waals surface area contributed by atoms with Gasteiger partial charge >= 0.3 is 0 Å². The number of fused-ring (bicyclic) bond motifs is 1. The average molecular weight is 331 g/mol. The number of aryl methyl sites for hydroxylation is 2. The lowest BCUT2D eigenvalue weighted by molar-refractivity contribution is 0.464. The summed E-state index contributed by atoms with van der Waals surface area (Å²) in [6.07, 6.45) is 5.37. The van der Waals surface area contributed by atoms with Crippen LogP contribution in [0.25, 0.3) is 0 Å². The van der Waals surface area contributed by atoms with Crippen LogP contribution in [0.5, 0.6) is 0 Å². The van der Waals surface area contributed by atoms with Crippen LogP contribution < -0.4 is 5.32 Å². The monoisotopic (exact) mass is 330 g/mol. The molecule has 21 heavy (non-hydrogen) atoms. The molecule has 0 bridgehead atoms. The second-order valence-corrected chi connectivity index (χ2v) is 7.71. The van der Waals surface area contributed by atoms with Gasteiger partial charge in [-0.25, -0.2) is 8.42 Å². The van der Waals surface area contributed by atoms with Gasteiger partial charge in [-0.1, -0.05) is 6.07 Å². The number of halogens is 1. The highest BCUT2D eigenvalue weighted by Gasteiger charge is 2.32. The number of hydrogen-bond acceptors (Lipinski definition) is 3. The second-order valence-electron chi connectivity index (χ2n) is 5.77. The first-order valence-electron chi connectivity index (χ1n) is 7.40. The molecule has 1 aromatic rings. The number of nitrogens with one attached hydrogen (secondary N) is 1. The Bertz CT molecular complexity index is 604. The molecule has 3 rings (SSSR count). The Labute approximate surface area is 133 Å². The van der Waals surface area contributed by atoms with Gasteiger partial charge in [-0.2, -0.15) is 4.31 Å². The van der Waals surface area contributed by atoms with Crippen molar-refractivity contribution in [1.29, 1.82) is 0 Å². The Morgan fingerprint density at radius 3 is 2.57 bits per heavy atom. The second kappa shape index (κ2) is 6.65. The highest BCUT2D eigenvalue weighted by Crippen LogP contribution is 2.27. The molecule has 2 aliphatic rings. The van der Waals surface area contributed by atoms with Gasteiger partial charge in [0.25, 0.3) is 0 Å². The molecule has 0 radical (unpaired) electrons. The maximum absolute atomic E-state index is 12.7. The van der Waals surface area contributed by atoms with Gasteiger partial charge in [-0.05, 0) is 62.4 Å². The van der Waals surface area contributed by atoms with Crippen LogP contribution in [0.4, 0.5) is 0 Å². The molecule has 0 saturated carbocycles. The Kier molecular flexibility index (Phi) is 5.30. The van der Waals surface area contributed by atoms with E-state index >= 15 is 0 Å². The van der Waals surface area contributed by atoms with Crippen molar-refractivity contribution in [1.82, 2.24) is 9.62 Å². The molecular formula is C15H23ClN2O2S. The Morgan fingerprint density at radius 1 is 1.19 bits per heavy atom. The third-order valence-corrected chi connectivity index (χ3v) is 6.38. The lowest BCUT2D eigenvalue weighted by Gasteiger charge is -2.20. The molecule has 1 saturated heterocycles. The zero-order chi connectivity index (χ0) is 14.2. The predicted octanol–water partition coefficient (Wildman–Crippen LogP) is 1.97. The van der Waals surface area contributed by atoms with E-state index in [-0.39, 0.29) is 18.4 Å². The number of sulfonamides is 1. The van der Waals surface area contributed by atoms with E-state index in [0.717, 1.165) is 19.3 Å². The van der Waals surface area contributed by atoms with E-state index in [1.807, 2.05) is 19.2 Å². The molecule has 0 spiro atoms. The molecule has 1 aliphatic carbocycles. The summed E-state index contributed by atoms with van der Waals surface area (Å²) < 4.78 is 27.0. The molecule has 1 heterocycles. The zero-order valence-electron chi connectivity index (χ0n) is 12.3. The van der Waals surface area contributed by atoms with Crippen molar-refractivity contribution in [3.8, 4) is 0 Å². The van der Waals surface area contributed by atoms with E-state index < -0.39 is 10.0 Å². The van der Waals surface area contributed by atoms with Gasteiger partial charge in [0.05, 0.1) is 4.90 Å². The topological polar surface area (TPSA) is 49.4 Å². The van der Waals surface area contributed by atoms with Crippen LogP contribution in [-0.2, 0) is 22.9 Å². The van der Waals surface area contributed by atoms with E-state index in [9.17, 15) is 8.42 Å². The molecule has 1 atom stereocenters. The molecule has 1 fully saturated rings. The van der Waals surface area contributed by atoms with Gasteiger partial charge < -0.3 is 5.32 Å². The SMILES string of the molecule is CNC1CCN(S(=O)(=O)c2ccc3c(c2)CCCC3)C1.Cl. The van der Waals surface area contributed by atoms with Crippen LogP contribution in [0.15, 0.2) is 23.1 Å². The van der Waals surface area contributed by atoms with E-state index in [2.05, 4.69) is 5.32 Å². The van der Waals surface area contributed by atoms with Crippen molar-refractivity contribution in [2.45, 2.75) is 43.0 Å². The smallest absolute Gasteiger partial charge is 0.243 e. The number of nitrogens with zero attached hydrogens (tertiary/aromatic N) is 1. The summed E-state index contributed by atoms with van der Waals surface area (Å²) >= 11 is 0. The largest absolute Gasteiger partial charge is 0.316 e. The normalized spacial score (nSPS) is 22.6. The molecule has 1 N–H and O–H groups in total. The van der Waals surface area contributed by atoms with Gasteiger partial charge in [-0.3, -0.25) is 0 Å². The van der Waals surface area contributed by atoms with Crippen LogP contribution in [0.3, 0.4) is 0 Å². The van der Waals surface area contributed by atoms with Crippen LogP contribution in [0.1, 0.15) is 30.4 Å². The fraction of sp³-hybridized carbons (Fsp3) is 0.600. The predicted molar refractivity (Wildman–Crippen MR) is 86.6 cm³/mol. The molecule has 1 aromatic carbocycles. The molecule has 0 aromatic heterocycles. The molecule has 6 heteroatoms. The minimum atomic E-state index is -3.32. The van der Waals surface area contributed by atoms with E-state index in [1.165, 1.54) is 24.0 Å². The lowest BCUT2D eigenvalue weighted by Crippen LogP contribution is -2.33. The minimum absolute atomic E-state index is 0. The summed E-state index contributed by atoms with van der Waals surface area (Å²) in [7, 11) is -1.43. The van der Waals surface area contributed by atoms with Crippen LogP contribution in [0.2, 0.25) is 0 Å². The molecule has 118 valence electrons. The average Bonchev–Trinajstić information content (AvgIpc) is 2.96. The molecule has 1 unspecified atom stereocenters. The van der Waals surface area contributed by atoms with Gasteiger partial charge in [0.15, 0.2) is 0 Å². The Morgan fingerprint density at radius 2 is 1.90 bits per heavy atom. The minimum Gasteiger partial charge on any atom is -0.316 e. The summed E-state index contributed by atoms with van der Waals surface area (Å²) in [4.78, 5) is 0.468. The Hall–Kier alpha value is -0.620. The van der Waals surface area contributed by atoms with Crippen molar-refractivity contribution in [2.75, 3.05) is 20.1 Å². The summed E-state index contributed by atoms with van der Waals surface area (Å²) in [5.74, 6) is 0. The van der Waals surface area contributed by atoms with E-state index in [0.29, 0.717) is 18.0 Å². The maximum atomic E-state index is 12.7. The zero-order valence-corrected chi connectivity index (χ0v) is 14.0. The third kappa shape index (κ3) is 3.26. The standard InChI is InChI=1S/C15H22N2O2S.ClH/c1-16-14-8-9-17(11-14)20(18,19)15-7-6-12-4-2-3-5-13(12)10-15;/h6-7,10,14,16H,2-5,8-9,11H2,1H3;1H. The molecule has 4 nitrogen and oxygen atoms in total. The number of hydrogen-bond donors (Lipinski definition) is 1. The highest BCUT2D eigenvalue weighted by atomic mass is 35.5. The summed E-state index contributed by atoms with van der Waals surface area (Å²) in [5.41, 5.74) is 2.55. The van der Waals surface area contributed by atoms with Gasteiger partial charge in [0.2, 0.25) is 10.0 Å². The number of likely N-dealkylation sites (N-methyl/N-ethyl adjacent to an activating group) is 1. The summed E-state index contributed by atoms with van der Waals surface area (Å²) in [6.45, 7) is 1.20. The first-order valence-corrected chi connectivity index (χ1v) is 8.84. The van der Waals surface area contributed by atoms with Crippen molar-refractivity contribution in [3.05, 3.63) is 29.3 Å². The summed E-state index contributed by atoms with van der Waals surface area (Å²) in [6, 6.07) is 5.97. The quantitative estimate of drug-likeness (QED) is 0.921. The highest BCUT2D eigenvalue weighted by molar-refractivity contribution is 7.89. The lowest BCUT2D eigenvalue weighted by atomic mass is 9.92. The van der Waals surface area contributed by atoms with Crippen molar-refractivity contribution < 1.29 is 8.42 Å². The molecule has 1 aliphatic heterocycles. The Balaban J connectivity index is 0.00000161. The fourth-order valence-corrected chi connectivity index (χ4v) is 4.75. The molecular weight excluding hydrogens is 308 g/mol. The summed E-state index contributed by atoms with van der Waals surface area (Å²) in [5, 5.41) is 3.16.